The lowest BCUT2D eigenvalue weighted by Crippen LogP contribution is -2.39. The number of hydrogen-bond acceptors (Lipinski definition) is 6. The van der Waals surface area contributed by atoms with E-state index >= 15 is 0 Å². The van der Waals surface area contributed by atoms with E-state index in [4.69, 9.17) is 21.3 Å². The SMILES string of the molecule is COc1cccc(Cc2csc(N3CCC(S(=O)(=O)c4cc(C(F)(F)F)ccc4Cl)CC3)n2)c1. The van der Waals surface area contributed by atoms with Gasteiger partial charge in [0, 0.05) is 24.9 Å². The van der Waals surface area contributed by atoms with Gasteiger partial charge in [-0.1, -0.05) is 23.7 Å². The van der Waals surface area contributed by atoms with Crippen molar-refractivity contribution < 1.29 is 26.3 Å². The maximum absolute atomic E-state index is 13.1. The first-order valence-corrected chi connectivity index (χ1v) is 13.3. The fourth-order valence-corrected chi connectivity index (χ4v) is 7.09. The summed E-state index contributed by atoms with van der Waals surface area (Å²) in [6, 6.07) is 10.2. The van der Waals surface area contributed by atoms with E-state index in [-0.39, 0.29) is 17.9 Å². The number of methoxy groups -OCH3 is 1. The Kier molecular flexibility index (Phi) is 7.12. The second kappa shape index (κ2) is 9.75. The molecule has 34 heavy (non-hydrogen) atoms. The van der Waals surface area contributed by atoms with Crippen LogP contribution in [0.2, 0.25) is 5.02 Å². The third-order valence-electron chi connectivity index (χ3n) is 5.78. The molecule has 11 heteroatoms. The average molecular weight is 531 g/mol. The van der Waals surface area contributed by atoms with Crippen LogP contribution in [0.1, 0.15) is 29.7 Å². The van der Waals surface area contributed by atoms with E-state index in [9.17, 15) is 21.6 Å². The molecule has 1 aromatic heterocycles. The highest BCUT2D eigenvalue weighted by Crippen LogP contribution is 2.36. The van der Waals surface area contributed by atoms with Crippen molar-refractivity contribution in [1.82, 2.24) is 4.98 Å². The number of anilines is 1. The smallest absolute Gasteiger partial charge is 0.416 e. The van der Waals surface area contributed by atoms with Crippen LogP contribution in [-0.2, 0) is 22.4 Å². The molecular formula is C23H22ClF3N2O3S2. The minimum atomic E-state index is -4.65. The summed E-state index contributed by atoms with van der Waals surface area (Å²) in [7, 11) is -2.39. The molecule has 1 aliphatic heterocycles. The predicted octanol–water partition coefficient (Wildman–Crippen LogP) is 5.86. The number of piperidine rings is 1. The molecule has 2 aromatic carbocycles. The zero-order valence-corrected chi connectivity index (χ0v) is 20.6. The van der Waals surface area contributed by atoms with Gasteiger partial charge in [0.2, 0.25) is 0 Å². The lowest BCUT2D eigenvalue weighted by Gasteiger charge is -2.31. The molecule has 1 aliphatic rings. The molecule has 5 nitrogen and oxygen atoms in total. The lowest BCUT2D eigenvalue weighted by molar-refractivity contribution is -0.137. The molecular weight excluding hydrogens is 509 g/mol. The zero-order chi connectivity index (χ0) is 24.5. The zero-order valence-electron chi connectivity index (χ0n) is 18.2. The number of thiazole rings is 1. The summed E-state index contributed by atoms with van der Waals surface area (Å²) in [6.45, 7) is 0.874. The van der Waals surface area contributed by atoms with E-state index in [1.165, 1.54) is 11.3 Å². The third kappa shape index (κ3) is 5.34. The average Bonchev–Trinajstić information content (AvgIpc) is 3.27. The summed E-state index contributed by atoms with van der Waals surface area (Å²) >= 11 is 7.48. The highest BCUT2D eigenvalue weighted by Gasteiger charge is 2.36. The van der Waals surface area contributed by atoms with Crippen molar-refractivity contribution >= 4 is 37.9 Å². The summed E-state index contributed by atoms with van der Waals surface area (Å²) in [5, 5.41) is 1.77. The molecule has 4 rings (SSSR count). The molecule has 0 aliphatic carbocycles. The molecule has 182 valence electrons. The van der Waals surface area contributed by atoms with Gasteiger partial charge in [0.05, 0.1) is 33.5 Å². The first-order valence-electron chi connectivity index (χ1n) is 10.5. The van der Waals surface area contributed by atoms with Crippen LogP contribution in [-0.4, -0.2) is 38.9 Å². The van der Waals surface area contributed by atoms with Gasteiger partial charge in [0.15, 0.2) is 15.0 Å². The van der Waals surface area contributed by atoms with Crippen LogP contribution in [0, 0.1) is 0 Å². The molecule has 0 amide bonds. The predicted molar refractivity (Wildman–Crippen MR) is 127 cm³/mol. The standard InChI is InChI=1S/C23H22ClF3N2O3S2/c1-32-18-4-2-3-15(12-18)11-17-14-33-22(28-17)29-9-7-19(8-10-29)34(30,31)21-13-16(23(25,26)27)5-6-20(21)24/h2-6,12-14,19H,7-11H2,1H3. The van der Waals surface area contributed by atoms with Crippen LogP contribution < -0.4 is 9.64 Å². The lowest BCUT2D eigenvalue weighted by atomic mass is 10.1. The number of aromatic nitrogens is 1. The Labute approximate surface area is 205 Å². The van der Waals surface area contributed by atoms with Crippen LogP contribution in [0.5, 0.6) is 5.75 Å². The Hall–Kier alpha value is -2.30. The first-order chi connectivity index (χ1) is 16.1. The minimum Gasteiger partial charge on any atom is -0.497 e. The number of sulfone groups is 1. The Bertz CT molecular complexity index is 1270. The summed E-state index contributed by atoms with van der Waals surface area (Å²) in [6.07, 6.45) is -3.45. The number of alkyl halides is 3. The quantitative estimate of drug-likeness (QED) is 0.399. The highest BCUT2D eigenvalue weighted by molar-refractivity contribution is 7.92. The van der Waals surface area contributed by atoms with Crippen LogP contribution in [0.3, 0.4) is 0 Å². The van der Waals surface area contributed by atoms with Crippen molar-refractivity contribution in [3.8, 4) is 5.75 Å². The van der Waals surface area contributed by atoms with Gasteiger partial charge in [-0.2, -0.15) is 13.2 Å². The van der Waals surface area contributed by atoms with Gasteiger partial charge in [0.1, 0.15) is 5.75 Å². The third-order valence-corrected chi connectivity index (χ3v) is 9.47. The molecule has 3 aromatic rings. The van der Waals surface area contributed by atoms with Gasteiger partial charge < -0.3 is 9.64 Å². The molecule has 0 radical (unpaired) electrons. The molecule has 0 saturated carbocycles. The number of halogens is 4. The molecule has 2 heterocycles. The number of ether oxygens (including phenoxy) is 1. The van der Waals surface area contributed by atoms with Gasteiger partial charge in [-0.25, -0.2) is 13.4 Å². The van der Waals surface area contributed by atoms with Crippen molar-refractivity contribution in [2.45, 2.75) is 35.6 Å². The van der Waals surface area contributed by atoms with Crippen LogP contribution >= 0.6 is 22.9 Å². The van der Waals surface area contributed by atoms with Crippen molar-refractivity contribution in [2.24, 2.45) is 0 Å². The first kappa shape index (κ1) is 24.8. The molecule has 1 saturated heterocycles. The fourth-order valence-electron chi connectivity index (χ4n) is 3.95. The van der Waals surface area contributed by atoms with E-state index < -0.39 is 31.7 Å². The highest BCUT2D eigenvalue weighted by atomic mass is 35.5. The van der Waals surface area contributed by atoms with Gasteiger partial charge in [-0.3, -0.25) is 0 Å². The van der Waals surface area contributed by atoms with Gasteiger partial charge in [0.25, 0.3) is 0 Å². The number of hydrogen-bond donors (Lipinski definition) is 0. The van der Waals surface area contributed by atoms with E-state index in [0.29, 0.717) is 25.6 Å². The minimum absolute atomic E-state index is 0.197. The van der Waals surface area contributed by atoms with Crippen molar-refractivity contribution in [3.05, 3.63) is 69.7 Å². The largest absolute Gasteiger partial charge is 0.497 e. The Morgan fingerprint density at radius 1 is 1.18 bits per heavy atom. The Morgan fingerprint density at radius 2 is 1.91 bits per heavy atom. The molecule has 0 unspecified atom stereocenters. The summed E-state index contributed by atoms with van der Waals surface area (Å²) < 4.78 is 70.7. The summed E-state index contributed by atoms with van der Waals surface area (Å²) in [4.78, 5) is 6.24. The summed E-state index contributed by atoms with van der Waals surface area (Å²) in [5.74, 6) is 0.775. The van der Waals surface area contributed by atoms with Gasteiger partial charge >= 0.3 is 6.18 Å². The Morgan fingerprint density at radius 3 is 2.59 bits per heavy atom. The summed E-state index contributed by atoms with van der Waals surface area (Å²) in [5.41, 5.74) is 0.942. The maximum atomic E-state index is 13.1. The molecule has 0 N–H and O–H groups in total. The molecule has 0 bridgehead atoms. The number of rotatable bonds is 6. The van der Waals surface area contributed by atoms with Crippen molar-refractivity contribution in [1.29, 1.82) is 0 Å². The van der Waals surface area contributed by atoms with Crippen LogP contribution in [0.15, 0.2) is 52.7 Å². The van der Waals surface area contributed by atoms with Crippen molar-refractivity contribution in [3.63, 3.8) is 0 Å². The second-order valence-corrected chi connectivity index (χ2v) is 11.5. The van der Waals surface area contributed by atoms with E-state index in [1.54, 1.807) is 7.11 Å². The second-order valence-electron chi connectivity index (χ2n) is 8.02. The monoisotopic (exact) mass is 530 g/mol. The molecule has 1 fully saturated rings. The van der Waals surface area contributed by atoms with E-state index in [1.807, 2.05) is 34.5 Å². The number of benzene rings is 2. The normalized spacial score (nSPS) is 15.5. The number of nitrogens with zero attached hydrogens (tertiary/aromatic N) is 2. The van der Waals surface area contributed by atoms with Crippen LogP contribution in [0.4, 0.5) is 18.3 Å². The van der Waals surface area contributed by atoms with Crippen LogP contribution in [0.25, 0.3) is 0 Å². The van der Waals surface area contributed by atoms with Crippen molar-refractivity contribution in [2.75, 3.05) is 25.1 Å². The fraction of sp³-hybridized carbons (Fsp3) is 0.348. The topological polar surface area (TPSA) is 59.5 Å². The van der Waals surface area contributed by atoms with Gasteiger partial charge in [-0.05, 0) is 48.7 Å². The maximum Gasteiger partial charge on any atom is 0.416 e. The molecule has 0 atom stereocenters. The van der Waals surface area contributed by atoms with Gasteiger partial charge in [-0.15, -0.1) is 11.3 Å². The molecule has 0 spiro atoms. The van der Waals surface area contributed by atoms with E-state index in [2.05, 4.69) is 0 Å². The Balaban J connectivity index is 1.44. The van der Waals surface area contributed by atoms with E-state index in [0.717, 1.165) is 34.3 Å².